The van der Waals surface area contributed by atoms with Crippen LogP contribution in [0.5, 0.6) is 11.5 Å². The molecule has 28 heavy (non-hydrogen) atoms. The molecule has 0 saturated heterocycles. The minimum atomic E-state index is -4.92. The van der Waals surface area contributed by atoms with Crippen LogP contribution in [0.15, 0.2) is 51.7 Å². The summed E-state index contributed by atoms with van der Waals surface area (Å²) in [4.78, 5) is 24.0. The summed E-state index contributed by atoms with van der Waals surface area (Å²) in [6.45, 7) is 1.06. The van der Waals surface area contributed by atoms with Gasteiger partial charge in [-0.3, -0.25) is 9.59 Å². The van der Waals surface area contributed by atoms with E-state index >= 15 is 0 Å². The molecule has 146 valence electrons. The zero-order chi connectivity index (χ0) is 20.5. The number of alkyl halides is 3. The standard InChI is InChI=1S/C20H15F3O5/c1-11(24)10-27-12-7-8-14-16(9-12)28-19(20(21,22)23)17(18(14)25)13-5-3-4-6-15(13)26-2/h3-9H,10H2,1-2H3. The van der Waals surface area contributed by atoms with Crippen LogP contribution in [-0.4, -0.2) is 19.5 Å². The number of methoxy groups -OCH3 is 1. The predicted molar refractivity (Wildman–Crippen MR) is 95.7 cm³/mol. The Morgan fingerprint density at radius 3 is 2.50 bits per heavy atom. The molecule has 2 aromatic carbocycles. The molecule has 1 heterocycles. The van der Waals surface area contributed by atoms with Crippen LogP contribution in [0.1, 0.15) is 12.7 Å². The van der Waals surface area contributed by atoms with Gasteiger partial charge >= 0.3 is 6.18 Å². The fourth-order valence-corrected chi connectivity index (χ4v) is 2.74. The number of carbonyl (C=O) groups excluding carboxylic acids is 1. The van der Waals surface area contributed by atoms with Crippen molar-refractivity contribution < 1.29 is 31.9 Å². The first-order valence-electron chi connectivity index (χ1n) is 8.16. The zero-order valence-corrected chi connectivity index (χ0v) is 14.9. The molecule has 0 aliphatic rings. The van der Waals surface area contributed by atoms with E-state index < -0.39 is 22.9 Å². The van der Waals surface area contributed by atoms with E-state index in [4.69, 9.17) is 13.9 Å². The molecule has 0 aliphatic heterocycles. The molecule has 0 spiro atoms. The number of hydrogen-bond donors (Lipinski definition) is 0. The largest absolute Gasteiger partial charge is 0.496 e. The number of rotatable bonds is 5. The lowest BCUT2D eigenvalue weighted by molar-refractivity contribution is -0.152. The molecule has 0 atom stereocenters. The molecule has 0 aliphatic carbocycles. The molecule has 3 aromatic rings. The molecule has 0 unspecified atom stereocenters. The summed E-state index contributed by atoms with van der Waals surface area (Å²) in [5, 5.41) is -0.0518. The van der Waals surface area contributed by atoms with E-state index in [0.717, 1.165) is 6.07 Å². The molecular weight excluding hydrogens is 377 g/mol. The first-order chi connectivity index (χ1) is 13.2. The van der Waals surface area contributed by atoms with Gasteiger partial charge in [0.1, 0.15) is 23.7 Å². The highest BCUT2D eigenvalue weighted by atomic mass is 19.4. The quantitative estimate of drug-likeness (QED) is 0.642. The molecule has 8 heteroatoms. The number of carbonyl (C=O) groups is 1. The maximum absolute atomic E-state index is 13.7. The van der Waals surface area contributed by atoms with Gasteiger partial charge in [0.15, 0.2) is 5.78 Å². The van der Waals surface area contributed by atoms with Gasteiger partial charge in [0.25, 0.3) is 0 Å². The first kappa shape index (κ1) is 19.5. The van der Waals surface area contributed by atoms with Crippen molar-refractivity contribution in [3.8, 4) is 22.6 Å². The van der Waals surface area contributed by atoms with Crippen LogP contribution in [0.3, 0.4) is 0 Å². The van der Waals surface area contributed by atoms with Crippen molar-refractivity contribution in [3.05, 3.63) is 58.4 Å². The maximum Gasteiger partial charge on any atom is 0.450 e. The van der Waals surface area contributed by atoms with Gasteiger partial charge in [-0.2, -0.15) is 13.2 Å². The fourth-order valence-electron chi connectivity index (χ4n) is 2.74. The van der Waals surface area contributed by atoms with Crippen molar-refractivity contribution in [1.29, 1.82) is 0 Å². The smallest absolute Gasteiger partial charge is 0.450 e. The molecule has 0 saturated carbocycles. The van der Waals surface area contributed by atoms with E-state index in [2.05, 4.69) is 0 Å². The summed E-state index contributed by atoms with van der Waals surface area (Å²) in [6.07, 6.45) is -4.92. The highest BCUT2D eigenvalue weighted by molar-refractivity contribution is 5.85. The van der Waals surface area contributed by atoms with Crippen LogP contribution in [0, 0.1) is 0 Å². The molecule has 0 N–H and O–H groups in total. The Balaban J connectivity index is 2.29. The molecule has 0 fully saturated rings. The Morgan fingerprint density at radius 2 is 1.86 bits per heavy atom. The lowest BCUT2D eigenvalue weighted by Gasteiger charge is -2.15. The van der Waals surface area contributed by atoms with E-state index in [0.29, 0.717) is 0 Å². The second-order valence-electron chi connectivity index (χ2n) is 5.98. The maximum atomic E-state index is 13.7. The van der Waals surface area contributed by atoms with Crippen molar-refractivity contribution >= 4 is 16.8 Å². The second-order valence-corrected chi connectivity index (χ2v) is 5.98. The van der Waals surface area contributed by atoms with Crippen molar-refractivity contribution in [3.63, 3.8) is 0 Å². The zero-order valence-electron chi connectivity index (χ0n) is 14.9. The number of Topliss-reactive ketones (excluding diaryl/α,β-unsaturated/α-hetero) is 1. The van der Waals surface area contributed by atoms with Crippen LogP contribution >= 0.6 is 0 Å². The summed E-state index contributed by atoms with van der Waals surface area (Å²) in [5.74, 6) is -1.47. The Bertz CT molecular complexity index is 1100. The monoisotopic (exact) mass is 392 g/mol. The molecule has 0 amide bonds. The molecule has 1 aromatic heterocycles. The van der Waals surface area contributed by atoms with Crippen molar-refractivity contribution in [2.45, 2.75) is 13.1 Å². The van der Waals surface area contributed by atoms with E-state index in [9.17, 15) is 22.8 Å². The van der Waals surface area contributed by atoms with Crippen molar-refractivity contribution in [1.82, 2.24) is 0 Å². The number of para-hydroxylation sites is 1. The van der Waals surface area contributed by atoms with Gasteiger partial charge in [0.05, 0.1) is 18.1 Å². The minimum Gasteiger partial charge on any atom is -0.496 e. The summed E-state index contributed by atoms with van der Waals surface area (Å²) in [6, 6.07) is 9.74. The van der Waals surface area contributed by atoms with E-state index in [1.54, 1.807) is 6.07 Å². The van der Waals surface area contributed by atoms with E-state index in [1.165, 1.54) is 44.4 Å². The van der Waals surface area contributed by atoms with Crippen molar-refractivity contribution in [2.24, 2.45) is 0 Å². The Labute approximate surface area is 157 Å². The van der Waals surface area contributed by atoms with Gasteiger partial charge in [0.2, 0.25) is 11.2 Å². The average Bonchev–Trinajstić information content (AvgIpc) is 2.65. The van der Waals surface area contributed by atoms with Gasteiger partial charge < -0.3 is 13.9 Å². The van der Waals surface area contributed by atoms with Gasteiger partial charge in [-0.25, -0.2) is 0 Å². The predicted octanol–water partition coefficient (Wildman–Crippen LogP) is 4.46. The van der Waals surface area contributed by atoms with Gasteiger partial charge in [0, 0.05) is 11.6 Å². The molecule has 0 bridgehead atoms. The Hall–Kier alpha value is -3.29. The van der Waals surface area contributed by atoms with Crippen LogP contribution in [0.2, 0.25) is 0 Å². The molecular formula is C20H15F3O5. The van der Waals surface area contributed by atoms with Gasteiger partial charge in [-0.1, -0.05) is 18.2 Å². The lowest BCUT2D eigenvalue weighted by Crippen LogP contribution is -2.16. The Kier molecular flexibility index (Phi) is 5.13. The summed E-state index contributed by atoms with van der Waals surface area (Å²) in [7, 11) is 1.30. The first-order valence-corrected chi connectivity index (χ1v) is 8.16. The Morgan fingerprint density at radius 1 is 1.14 bits per heavy atom. The second kappa shape index (κ2) is 7.38. The fraction of sp³-hybridized carbons (Fsp3) is 0.200. The average molecular weight is 392 g/mol. The number of fused-ring (bicyclic) bond motifs is 1. The van der Waals surface area contributed by atoms with Crippen molar-refractivity contribution in [2.75, 3.05) is 13.7 Å². The number of halogens is 3. The number of ketones is 1. The highest BCUT2D eigenvalue weighted by Crippen LogP contribution is 2.40. The number of benzene rings is 2. The topological polar surface area (TPSA) is 65.7 Å². The molecule has 5 nitrogen and oxygen atoms in total. The normalized spacial score (nSPS) is 11.5. The van der Waals surface area contributed by atoms with Crippen LogP contribution < -0.4 is 14.9 Å². The van der Waals surface area contributed by atoms with Gasteiger partial charge in [-0.05, 0) is 25.1 Å². The summed E-state index contributed by atoms with van der Waals surface area (Å²) >= 11 is 0. The highest BCUT2D eigenvalue weighted by Gasteiger charge is 2.40. The van der Waals surface area contributed by atoms with Crippen LogP contribution in [0.25, 0.3) is 22.1 Å². The van der Waals surface area contributed by atoms with Crippen LogP contribution in [0.4, 0.5) is 13.2 Å². The third-order valence-corrected chi connectivity index (χ3v) is 3.94. The van der Waals surface area contributed by atoms with E-state index in [1.807, 2.05) is 0 Å². The SMILES string of the molecule is COc1ccccc1-c1c(C(F)(F)F)oc2cc(OCC(C)=O)ccc2c1=O. The minimum absolute atomic E-state index is 0.0233. The number of hydrogen-bond acceptors (Lipinski definition) is 5. The van der Waals surface area contributed by atoms with Gasteiger partial charge in [-0.15, -0.1) is 0 Å². The molecule has 3 rings (SSSR count). The number of ether oxygens (including phenoxy) is 2. The third-order valence-electron chi connectivity index (χ3n) is 3.94. The van der Waals surface area contributed by atoms with Crippen LogP contribution in [-0.2, 0) is 11.0 Å². The summed E-state index contributed by atoms with van der Waals surface area (Å²) < 4.78 is 56.4. The van der Waals surface area contributed by atoms with E-state index in [-0.39, 0.29) is 40.4 Å². The summed E-state index contributed by atoms with van der Waals surface area (Å²) in [5.41, 5.74) is -1.80. The lowest BCUT2D eigenvalue weighted by atomic mass is 10.0. The third kappa shape index (κ3) is 3.71. The molecule has 0 radical (unpaired) electrons.